The lowest BCUT2D eigenvalue weighted by atomic mass is 9.96. The predicted molar refractivity (Wildman–Crippen MR) is 67.3 cm³/mol. The smallest absolute Gasteiger partial charge is 0.340 e. The first kappa shape index (κ1) is 12.3. The van der Waals surface area contributed by atoms with Gasteiger partial charge in [0, 0.05) is 11.6 Å². The van der Waals surface area contributed by atoms with Crippen LogP contribution in [0, 0.1) is 0 Å². The van der Waals surface area contributed by atoms with Crippen LogP contribution in [0.1, 0.15) is 32.4 Å². The van der Waals surface area contributed by atoms with E-state index in [0.717, 1.165) is 5.82 Å². The zero-order valence-corrected chi connectivity index (χ0v) is 10.6. The molecule has 0 aliphatic carbocycles. The van der Waals surface area contributed by atoms with Gasteiger partial charge in [-0.1, -0.05) is 20.8 Å². The second-order valence-electron chi connectivity index (χ2n) is 4.99. The van der Waals surface area contributed by atoms with E-state index in [-0.39, 0.29) is 11.1 Å². The number of nitrogens with zero attached hydrogens (tertiary/aromatic N) is 3. The van der Waals surface area contributed by atoms with Crippen molar-refractivity contribution in [2.24, 2.45) is 0 Å². The number of rotatable bonds is 3. The standard InChI is InChI=1S/C11H16N6O/c1-11(2,3)9-12-5-4-7(14-9)13-6-8-15-10(18)17-16-8/h4-5H,6H2,1-3H3,(H,12,13,14)(H2,15,16,17,18). The van der Waals surface area contributed by atoms with Crippen LogP contribution in [0.2, 0.25) is 0 Å². The third-order valence-corrected chi connectivity index (χ3v) is 2.31. The molecule has 0 unspecified atom stereocenters. The third-order valence-electron chi connectivity index (χ3n) is 2.31. The predicted octanol–water partition coefficient (Wildman–Crippen LogP) is 0.798. The lowest BCUT2D eigenvalue weighted by molar-refractivity contribution is 0.545. The van der Waals surface area contributed by atoms with Gasteiger partial charge in [0.25, 0.3) is 0 Å². The van der Waals surface area contributed by atoms with E-state index in [1.165, 1.54) is 0 Å². The van der Waals surface area contributed by atoms with Crippen LogP contribution < -0.4 is 11.0 Å². The second-order valence-corrected chi connectivity index (χ2v) is 4.99. The molecule has 0 saturated carbocycles. The Bertz CT molecular complexity index is 579. The Hall–Kier alpha value is -2.18. The summed E-state index contributed by atoms with van der Waals surface area (Å²) in [6.45, 7) is 6.56. The minimum atomic E-state index is -0.315. The van der Waals surface area contributed by atoms with Crippen LogP contribution in [0.15, 0.2) is 17.1 Å². The molecule has 0 bridgehead atoms. The number of hydrogen-bond acceptors (Lipinski definition) is 5. The highest BCUT2D eigenvalue weighted by Gasteiger charge is 2.17. The van der Waals surface area contributed by atoms with Crippen LogP contribution >= 0.6 is 0 Å². The number of anilines is 1. The van der Waals surface area contributed by atoms with Crippen molar-refractivity contribution in [2.75, 3.05) is 5.32 Å². The average Bonchev–Trinajstić information content (AvgIpc) is 2.72. The fourth-order valence-corrected chi connectivity index (χ4v) is 1.38. The summed E-state index contributed by atoms with van der Waals surface area (Å²) in [5.74, 6) is 2.01. The first-order valence-electron chi connectivity index (χ1n) is 5.66. The summed E-state index contributed by atoms with van der Waals surface area (Å²) in [5, 5.41) is 9.19. The molecular weight excluding hydrogens is 232 g/mol. The maximum atomic E-state index is 10.9. The summed E-state index contributed by atoms with van der Waals surface area (Å²) in [7, 11) is 0. The van der Waals surface area contributed by atoms with Crippen molar-refractivity contribution in [3.63, 3.8) is 0 Å². The molecule has 7 nitrogen and oxygen atoms in total. The molecule has 2 aromatic rings. The monoisotopic (exact) mass is 248 g/mol. The van der Waals surface area contributed by atoms with E-state index in [9.17, 15) is 4.79 Å². The number of aromatic amines is 2. The maximum Gasteiger partial charge on any atom is 0.340 e. The summed E-state index contributed by atoms with van der Waals surface area (Å²) in [6.07, 6.45) is 1.71. The number of H-pyrrole nitrogens is 2. The molecule has 0 aliphatic rings. The highest BCUT2D eigenvalue weighted by atomic mass is 16.1. The van der Waals surface area contributed by atoms with E-state index in [1.54, 1.807) is 12.3 Å². The normalized spacial score (nSPS) is 11.5. The largest absolute Gasteiger partial charge is 0.363 e. The third kappa shape index (κ3) is 2.93. The second kappa shape index (κ2) is 4.59. The molecule has 0 spiro atoms. The molecule has 0 saturated heterocycles. The highest BCUT2D eigenvalue weighted by molar-refractivity contribution is 5.33. The molecule has 18 heavy (non-hydrogen) atoms. The van der Waals surface area contributed by atoms with Crippen LogP contribution in [0.3, 0.4) is 0 Å². The summed E-state index contributed by atoms with van der Waals surface area (Å²) >= 11 is 0. The number of nitrogens with one attached hydrogen (secondary N) is 3. The minimum Gasteiger partial charge on any atom is -0.363 e. The fourth-order valence-electron chi connectivity index (χ4n) is 1.38. The minimum absolute atomic E-state index is 0.0989. The van der Waals surface area contributed by atoms with E-state index in [1.807, 2.05) is 0 Å². The van der Waals surface area contributed by atoms with Crippen LogP contribution in [-0.4, -0.2) is 25.1 Å². The fraction of sp³-hybridized carbons (Fsp3) is 0.455. The van der Waals surface area contributed by atoms with Crippen molar-refractivity contribution >= 4 is 5.82 Å². The van der Waals surface area contributed by atoms with Crippen molar-refractivity contribution < 1.29 is 0 Å². The van der Waals surface area contributed by atoms with Crippen LogP contribution in [-0.2, 0) is 12.0 Å². The first-order valence-corrected chi connectivity index (χ1v) is 5.66. The molecule has 2 heterocycles. The Morgan fingerprint density at radius 3 is 2.78 bits per heavy atom. The molecule has 0 fully saturated rings. The Morgan fingerprint density at radius 2 is 2.17 bits per heavy atom. The van der Waals surface area contributed by atoms with Gasteiger partial charge < -0.3 is 5.32 Å². The molecule has 2 aromatic heterocycles. The van der Waals surface area contributed by atoms with Gasteiger partial charge in [0.05, 0.1) is 6.54 Å². The number of aromatic nitrogens is 5. The topological polar surface area (TPSA) is 99.4 Å². The van der Waals surface area contributed by atoms with Crippen molar-refractivity contribution in [1.82, 2.24) is 25.1 Å². The molecule has 0 atom stereocenters. The van der Waals surface area contributed by atoms with Gasteiger partial charge in [0.2, 0.25) is 0 Å². The lowest BCUT2D eigenvalue weighted by Crippen LogP contribution is -2.17. The molecule has 0 amide bonds. The quantitative estimate of drug-likeness (QED) is 0.746. The highest BCUT2D eigenvalue weighted by Crippen LogP contribution is 2.18. The molecule has 96 valence electrons. The van der Waals surface area contributed by atoms with Gasteiger partial charge in [-0.15, -0.1) is 0 Å². The van der Waals surface area contributed by atoms with E-state index in [2.05, 4.69) is 51.2 Å². The van der Waals surface area contributed by atoms with Crippen LogP contribution in [0.5, 0.6) is 0 Å². The lowest BCUT2D eigenvalue weighted by Gasteiger charge is -2.16. The molecular formula is C11H16N6O. The van der Waals surface area contributed by atoms with E-state index in [0.29, 0.717) is 18.2 Å². The van der Waals surface area contributed by atoms with E-state index >= 15 is 0 Å². The molecule has 0 radical (unpaired) electrons. The summed E-state index contributed by atoms with van der Waals surface area (Å²) in [4.78, 5) is 22.1. The van der Waals surface area contributed by atoms with Crippen molar-refractivity contribution in [3.05, 3.63) is 34.4 Å². The van der Waals surface area contributed by atoms with Gasteiger partial charge in [0.1, 0.15) is 17.5 Å². The summed E-state index contributed by atoms with van der Waals surface area (Å²) in [6, 6.07) is 1.78. The first-order chi connectivity index (χ1) is 8.45. The zero-order valence-electron chi connectivity index (χ0n) is 10.6. The Labute approximate surface area is 104 Å². The zero-order chi connectivity index (χ0) is 13.2. The van der Waals surface area contributed by atoms with E-state index in [4.69, 9.17) is 0 Å². The molecule has 2 rings (SSSR count). The van der Waals surface area contributed by atoms with Crippen molar-refractivity contribution in [3.8, 4) is 0 Å². The maximum absolute atomic E-state index is 10.9. The molecule has 0 aromatic carbocycles. The van der Waals surface area contributed by atoms with Gasteiger partial charge in [-0.25, -0.2) is 19.9 Å². The van der Waals surface area contributed by atoms with Crippen molar-refractivity contribution in [2.45, 2.75) is 32.7 Å². The molecule has 0 aliphatic heterocycles. The van der Waals surface area contributed by atoms with Crippen molar-refractivity contribution in [1.29, 1.82) is 0 Å². The Balaban J connectivity index is 2.08. The molecule has 7 heteroatoms. The Kier molecular flexibility index (Phi) is 3.14. The SMILES string of the molecule is CC(C)(C)c1nccc(NCc2n[nH]c(=O)[nH]2)n1. The van der Waals surface area contributed by atoms with Crippen LogP contribution in [0.4, 0.5) is 5.82 Å². The molecule has 3 N–H and O–H groups in total. The Morgan fingerprint density at radius 1 is 1.39 bits per heavy atom. The van der Waals surface area contributed by atoms with Crippen LogP contribution in [0.25, 0.3) is 0 Å². The summed E-state index contributed by atoms with van der Waals surface area (Å²) < 4.78 is 0. The van der Waals surface area contributed by atoms with Gasteiger partial charge in [-0.05, 0) is 6.07 Å². The van der Waals surface area contributed by atoms with Gasteiger partial charge in [-0.2, -0.15) is 5.10 Å². The van der Waals surface area contributed by atoms with Gasteiger partial charge in [-0.3, -0.25) is 4.98 Å². The van der Waals surface area contributed by atoms with Gasteiger partial charge in [0.15, 0.2) is 0 Å². The summed E-state index contributed by atoms with van der Waals surface area (Å²) in [5.41, 5.74) is -0.414. The average molecular weight is 248 g/mol. The van der Waals surface area contributed by atoms with E-state index < -0.39 is 0 Å². The number of hydrogen-bond donors (Lipinski definition) is 3. The van der Waals surface area contributed by atoms with Gasteiger partial charge >= 0.3 is 5.69 Å².